The first-order valence-electron chi connectivity index (χ1n) is 9.70. The number of hydrogen-bond acceptors (Lipinski definition) is 4. The van der Waals surface area contributed by atoms with Crippen molar-refractivity contribution in [3.05, 3.63) is 46.2 Å². The Bertz CT molecular complexity index is 815. The molecule has 0 aliphatic carbocycles. The molecule has 2 aromatic heterocycles. The SMILES string of the molecule is O=c1cc(C(F)F)ncn1CC1CCN(Cc2cn3c(n2)CCCC3)CC1. The molecule has 1 saturated heterocycles. The lowest BCUT2D eigenvalue weighted by molar-refractivity contribution is 0.144. The number of piperidine rings is 1. The third-order valence-electron chi connectivity index (χ3n) is 5.63. The Balaban J connectivity index is 1.30. The molecular formula is C19H25F2N5O. The number of alkyl halides is 2. The molecule has 0 bridgehead atoms. The standard InChI is InChI=1S/C19H25F2N5O/c20-19(21)16-9-18(27)26(13-22-16)10-14-4-7-24(8-5-14)11-15-12-25-6-2-1-3-17(25)23-15/h9,12-14,19H,1-8,10-11H2. The number of imidazole rings is 1. The van der Waals surface area contributed by atoms with Crippen LogP contribution in [0, 0.1) is 5.92 Å². The second kappa shape index (κ2) is 7.88. The van der Waals surface area contributed by atoms with Crippen LogP contribution in [-0.2, 0) is 26.1 Å². The molecule has 4 rings (SSSR count). The van der Waals surface area contributed by atoms with Gasteiger partial charge in [0.1, 0.15) is 11.5 Å². The molecule has 0 atom stereocenters. The van der Waals surface area contributed by atoms with Gasteiger partial charge in [-0.2, -0.15) is 0 Å². The zero-order chi connectivity index (χ0) is 18.8. The Morgan fingerprint density at radius 1 is 1.19 bits per heavy atom. The Morgan fingerprint density at radius 3 is 2.70 bits per heavy atom. The van der Waals surface area contributed by atoms with E-state index in [0.29, 0.717) is 12.5 Å². The van der Waals surface area contributed by atoms with E-state index in [-0.39, 0.29) is 0 Å². The summed E-state index contributed by atoms with van der Waals surface area (Å²) in [5.41, 5.74) is 0.300. The molecule has 2 aromatic rings. The van der Waals surface area contributed by atoms with Gasteiger partial charge in [-0.1, -0.05) is 0 Å². The van der Waals surface area contributed by atoms with Gasteiger partial charge < -0.3 is 4.57 Å². The molecule has 0 N–H and O–H groups in total. The number of hydrogen-bond donors (Lipinski definition) is 0. The second-order valence-electron chi connectivity index (χ2n) is 7.62. The molecule has 4 heterocycles. The summed E-state index contributed by atoms with van der Waals surface area (Å²) in [5.74, 6) is 1.58. The highest BCUT2D eigenvalue weighted by molar-refractivity contribution is 5.06. The van der Waals surface area contributed by atoms with Gasteiger partial charge in [0.05, 0.1) is 12.0 Å². The van der Waals surface area contributed by atoms with Crippen molar-refractivity contribution in [3.63, 3.8) is 0 Å². The fourth-order valence-electron chi connectivity index (χ4n) is 4.08. The zero-order valence-corrected chi connectivity index (χ0v) is 15.4. The topological polar surface area (TPSA) is 56.0 Å². The van der Waals surface area contributed by atoms with E-state index in [9.17, 15) is 13.6 Å². The quantitative estimate of drug-likeness (QED) is 0.804. The molecule has 146 valence electrons. The van der Waals surface area contributed by atoms with E-state index in [1.807, 2.05) is 0 Å². The largest absolute Gasteiger partial charge is 0.335 e. The van der Waals surface area contributed by atoms with E-state index in [0.717, 1.165) is 57.2 Å². The molecule has 8 heteroatoms. The summed E-state index contributed by atoms with van der Waals surface area (Å²) < 4.78 is 29.0. The van der Waals surface area contributed by atoms with Crippen molar-refractivity contribution < 1.29 is 8.78 Å². The molecular weight excluding hydrogens is 352 g/mol. The fraction of sp³-hybridized carbons (Fsp3) is 0.632. The predicted molar refractivity (Wildman–Crippen MR) is 96.6 cm³/mol. The first-order chi connectivity index (χ1) is 13.1. The second-order valence-corrected chi connectivity index (χ2v) is 7.62. The lowest BCUT2D eigenvalue weighted by Gasteiger charge is -2.31. The Kier molecular flexibility index (Phi) is 5.33. The van der Waals surface area contributed by atoms with Gasteiger partial charge in [-0.05, 0) is 44.7 Å². The fourth-order valence-corrected chi connectivity index (χ4v) is 4.08. The van der Waals surface area contributed by atoms with Crippen LogP contribution in [0.3, 0.4) is 0 Å². The highest BCUT2D eigenvalue weighted by Gasteiger charge is 2.22. The van der Waals surface area contributed by atoms with E-state index in [4.69, 9.17) is 4.98 Å². The molecule has 0 saturated carbocycles. The van der Waals surface area contributed by atoms with Crippen LogP contribution in [0.15, 0.2) is 23.4 Å². The minimum atomic E-state index is -2.70. The van der Waals surface area contributed by atoms with Crippen LogP contribution in [-0.4, -0.2) is 37.1 Å². The maximum absolute atomic E-state index is 12.6. The number of aryl methyl sites for hydroxylation is 2. The molecule has 6 nitrogen and oxygen atoms in total. The summed E-state index contributed by atoms with van der Waals surface area (Å²) in [6.07, 6.45) is 6.25. The molecule has 1 fully saturated rings. The summed E-state index contributed by atoms with van der Waals surface area (Å²) >= 11 is 0. The van der Waals surface area contributed by atoms with Crippen LogP contribution in [0.1, 0.15) is 49.3 Å². The van der Waals surface area contributed by atoms with Crippen LogP contribution < -0.4 is 5.56 Å². The van der Waals surface area contributed by atoms with E-state index in [1.165, 1.54) is 29.6 Å². The summed E-state index contributed by atoms with van der Waals surface area (Å²) in [4.78, 5) is 22.9. The van der Waals surface area contributed by atoms with Crippen molar-refractivity contribution in [1.29, 1.82) is 0 Å². The van der Waals surface area contributed by atoms with Crippen molar-refractivity contribution in [1.82, 2.24) is 24.0 Å². The maximum atomic E-state index is 12.6. The molecule has 2 aliphatic heterocycles. The molecule has 0 amide bonds. The van der Waals surface area contributed by atoms with Gasteiger partial charge in [-0.15, -0.1) is 0 Å². The maximum Gasteiger partial charge on any atom is 0.280 e. The van der Waals surface area contributed by atoms with Crippen molar-refractivity contribution in [2.75, 3.05) is 13.1 Å². The molecule has 27 heavy (non-hydrogen) atoms. The van der Waals surface area contributed by atoms with Crippen LogP contribution in [0.4, 0.5) is 8.78 Å². The average molecular weight is 377 g/mol. The molecule has 0 spiro atoms. The van der Waals surface area contributed by atoms with Gasteiger partial charge in [-0.25, -0.2) is 18.7 Å². The molecule has 2 aliphatic rings. The summed E-state index contributed by atoms with van der Waals surface area (Å²) in [6, 6.07) is 0.945. The van der Waals surface area contributed by atoms with Crippen molar-refractivity contribution in [2.24, 2.45) is 5.92 Å². The van der Waals surface area contributed by atoms with Crippen molar-refractivity contribution in [3.8, 4) is 0 Å². The van der Waals surface area contributed by atoms with Crippen LogP contribution in [0.5, 0.6) is 0 Å². The van der Waals surface area contributed by atoms with Gasteiger partial charge in [0.2, 0.25) is 0 Å². The van der Waals surface area contributed by atoms with Crippen LogP contribution in [0.25, 0.3) is 0 Å². The lowest BCUT2D eigenvalue weighted by atomic mass is 9.96. The minimum absolute atomic E-state index is 0.369. The van der Waals surface area contributed by atoms with E-state index >= 15 is 0 Å². The lowest BCUT2D eigenvalue weighted by Crippen LogP contribution is -2.36. The van der Waals surface area contributed by atoms with Crippen LogP contribution >= 0.6 is 0 Å². The summed E-state index contributed by atoms with van der Waals surface area (Å²) in [6.45, 7) is 4.42. The summed E-state index contributed by atoms with van der Waals surface area (Å²) in [7, 11) is 0. The Labute approximate surface area is 156 Å². The number of likely N-dealkylation sites (tertiary alicyclic amines) is 1. The number of aromatic nitrogens is 4. The predicted octanol–water partition coefficient (Wildman–Crippen LogP) is 2.63. The highest BCUT2D eigenvalue weighted by atomic mass is 19.3. The van der Waals surface area contributed by atoms with E-state index in [1.54, 1.807) is 0 Å². The van der Waals surface area contributed by atoms with Gasteiger partial charge in [0.25, 0.3) is 12.0 Å². The highest BCUT2D eigenvalue weighted by Crippen LogP contribution is 2.21. The van der Waals surface area contributed by atoms with Gasteiger partial charge >= 0.3 is 0 Å². The van der Waals surface area contributed by atoms with Gasteiger partial charge in [0.15, 0.2) is 0 Å². The van der Waals surface area contributed by atoms with Crippen LogP contribution in [0.2, 0.25) is 0 Å². The number of nitrogens with zero attached hydrogens (tertiary/aromatic N) is 5. The Hall–Kier alpha value is -2.09. The first kappa shape index (κ1) is 18.3. The van der Waals surface area contributed by atoms with E-state index < -0.39 is 17.7 Å². The van der Waals surface area contributed by atoms with E-state index in [2.05, 4.69) is 20.6 Å². The molecule has 0 radical (unpaired) electrons. The molecule has 0 aromatic carbocycles. The van der Waals surface area contributed by atoms with Crippen molar-refractivity contribution >= 4 is 0 Å². The Morgan fingerprint density at radius 2 is 2.00 bits per heavy atom. The smallest absolute Gasteiger partial charge is 0.280 e. The third-order valence-corrected chi connectivity index (χ3v) is 5.63. The monoisotopic (exact) mass is 377 g/mol. The average Bonchev–Trinajstić information content (AvgIpc) is 3.07. The van der Waals surface area contributed by atoms with Crippen molar-refractivity contribution in [2.45, 2.75) is 58.2 Å². The molecule has 0 unspecified atom stereocenters. The first-order valence-corrected chi connectivity index (χ1v) is 9.70. The number of halogens is 2. The summed E-state index contributed by atoms with van der Waals surface area (Å²) in [5, 5.41) is 0. The number of rotatable bonds is 5. The third kappa shape index (κ3) is 4.26. The normalized spacial score (nSPS) is 18.8. The van der Waals surface area contributed by atoms with Gasteiger partial charge in [0, 0.05) is 38.3 Å². The number of fused-ring (bicyclic) bond motifs is 1. The minimum Gasteiger partial charge on any atom is -0.335 e. The van der Waals surface area contributed by atoms with Gasteiger partial charge in [-0.3, -0.25) is 14.3 Å². The zero-order valence-electron chi connectivity index (χ0n) is 15.4.